The first-order valence-corrected chi connectivity index (χ1v) is 14.9. The topological polar surface area (TPSA) is 136 Å². The predicted molar refractivity (Wildman–Crippen MR) is 147 cm³/mol. The van der Waals surface area contributed by atoms with Crippen molar-refractivity contribution in [3.05, 3.63) is 23.7 Å². The number of pyridine rings is 1. The lowest BCUT2D eigenvalue weighted by molar-refractivity contribution is 0.00446. The standard InChI is InChI=1S/C28H36N6O3S/c1-14-20(26-32-22-19(38-26)8-11-29-21(22)15-6-7-15)25(31-18-12-16(13-35)23(36)24(18)37)33-27(30-14)34-28(9-10-28)17-4-2-3-5-17/h8,11,15-18,23-24,35-37H,2-7,9-10,12-13H2,1H3,(H2,30,31,33,34)/t16-,18-,23-,24+/m1/s1. The fraction of sp³-hybridized carbons (Fsp3) is 0.643. The third kappa shape index (κ3) is 4.26. The van der Waals surface area contributed by atoms with Crippen LogP contribution in [0.4, 0.5) is 11.8 Å². The lowest BCUT2D eigenvalue weighted by atomic mass is 9.96. The van der Waals surface area contributed by atoms with Gasteiger partial charge in [-0.05, 0) is 63.9 Å². The van der Waals surface area contributed by atoms with Crippen molar-refractivity contribution in [2.75, 3.05) is 17.2 Å². The zero-order valence-electron chi connectivity index (χ0n) is 21.7. The van der Waals surface area contributed by atoms with E-state index in [2.05, 4.69) is 15.6 Å². The minimum Gasteiger partial charge on any atom is -0.396 e. The number of aliphatic hydroxyl groups excluding tert-OH is 3. The molecule has 5 N–H and O–H groups in total. The van der Waals surface area contributed by atoms with Crippen LogP contribution in [0.25, 0.3) is 20.8 Å². The summed E-state index contributed by atoms with van der Waals surface area (Å²) in [6, 6.07) is 1.58. The quantitative estimate of drug-likeness (QED) is 0.289. The smallest absolute Gasteiger partial charge is 0.225 e. The summed E-state index contributed by atoms with van der Waals surface area (Å²) in [4.78, 5) is 19.6. The van der Waals surface area contributed by atoms with Crippen LogP contribution in [0.5, 0.6) is 0 Å². The van der Waals surface area contributed by atoms with Crippen LogP contribution in [0, 0.1) is 18.8 Å². The molecule has 0 unspecified atom stereocenters. The molecule has 0 spiro atoms. The summed E-state index contributed by atoms with van der Waals surface area (Å²) in [7, 11) is 0. The fourth-order valence-electron chi connectivity index (χ4n) is 6.72. The summed E-state index contributed by atoms with van der Waals surface area (Å²) in [6.45, 7) is 1.82. The van der Waals surface area contributed by atoms with E-state index in [0.717, 1.165) is 57.9 Å². The fourth-order valence-corrected chi connectivity index (χ4v) is 7.79. The first-order valence-electron chi connectivity index (χ1n) is 14.1. The molecule has 7 rings (SSSR count). The van der Waals surface area contributed by atoms with E-state index in [-0.39, 0.29) is 18.1 Å². The summed E-state index contributed by atoms with van der Waals surface area (Å²) in [5.41, 5.74) is 3.76. The molecule has 4 atom stereocenters. The van der Waals surface area contributed by atoms with Crippen LogP contribution in [0.2, 0.25) is 0 Å². The van der Waals surface area contributed by atoms with Crippen LogP contribution >= 0.6 is 11.3 Å². The number of anilines is 2. The molecule has 3 heterocycles. The van der Waals surface area contributed by atoms with Crippen LogP contribution in [-0.2, 0) is 0 Å². The molecule has 4 aliphatic rings. The van der Waals surface area contributed by atoms with Gasteiger partial charge in [0, 0.05) is 30.2 Å². The van der Waals surface area contributed by atoms with Gasteiger partial charge in [0.25, 0.3) is 0 Å². The lowest BCUT2D eigenvalue weighted by Crippen LogP contribution is -2.36. The monoisotopic (exact) mass is 536 g/mol. The van der Waals surface area contributed by atoms with Gasteiger partial charge in [-0.15, -0.1) is 11.3 Å². The first kappa shape index (κ1) is 24.6. The Morgan fingerprint density at radius 1 is 1.05 bits per heavy atom. The molecule has 4 saturated carbocycles. The SMILES string of the molecule is Cc1nc(NC2(C3CCCC3)CC2)nc(N[C@@H]2C[C@H](CO)[C@@H](O)[C@H]2O)c1-c1nc2c(C3CC3)nccc2s1. The maximum atomic E-state index is 10.8. The normalized spacial score (nSPS) is 28.7. The van der Waals surface area contributed by atoms with Crippen molar-refractivity contribution < 1.29 is 15.3 Å². The van der Waals surface area contributed by atoms with Crippen LogP contribution in [0.3, 0.4) is 0 Å². The molecule has 0 saturated heterocycles. The Labute approximate surface area is 226 Å². The molecule has 10 heteroatoms. The summed E-state index contributed by atoms with van der Waals surface area (Å²) in [6.07, 6.45) is 10.1. The molecule has 202 valence electrons. The molecule has 0 aliphatic heterocycles. The van der Waals surface area contributed by atoms with Crippen LogP contribution in [0.15, 0.2) is 12.3 Å². The molecule has 9 nitrogen and oxygen atoms in total. The Morgan fingerprint density at radius 2 is 1.84 bits per heavy atom. The van der Waals surface area contributed by atoms with Gasteiger partial charge in [0.05, 0.1) is 33.8 Å². The van der Waals surface area contributed by atoms with Gasteiger partial charge in [-0.25, -0.2) is 9.97 Å². The Kier molecular flexibility index (Phi) is 6.07. The first-order chi connectivity index (χ1) is 18.5. The molecule has 0 bridgehead atoms. The van der Waals surface area contributed by atoms with E-state index in [1.165, 1.54) is 25.7 Å². The van der Waals surface area contributed by atoms with E-state index in [1.54, 1.807) is 11.3 Å². The van der Waals surface area contributed by atoms with E-state index in [1.807, 2.05) is 19.2 Å². The van der Waals surface area contributed by atoms with E-state index in [0.29, 0.717) is 30.0 Å². The Balaban J connectivity index is 1.28. The summed E-state index contributed by atoms with van der Waals surface area (Å²) in [5, 5.41) is 38.9. The number of aliphatic hydroxyl groups is 3. The van der Waals surface area contributed by atoms with Crippen molar-refractivity contribution in [3.8, 4) is 10.6 Å². The Hall–Kier alpha value is -2.40. The van der Waals surface area contributed by atoms with Crippen molar-refractivity contribution in [3.63, 3.8) is 0 Å². The molecule has 0 amide bonds. The van der Waals surface area contributed by atoms with Gasteiger partial charge in [-0.1, -0.05) is 12.8 Å². The molecular formula is C28H36N6O3S. The average molecular weight is 537 g/mol. The molecule has 0 aromatic carbocycles. The van der Waals surface area contributed by atoms with Crippen LogP contribution < -0.4 is 10.6 Å². The summed E-state index contributed by atoms with van der Waals surface area (Å²) in [5.74, 6) is 1.99. The van der Waals surface area contributed by atoms with Gasteiger partial charge in [-0.2, -0.15) is 4.98 Å². The minimum atomic E-state index is -0.999. The molecule has 0 radical (unpaired) electrons. The molecule has 3 aromatic heterocycles. The second kappa shape index (κ2) is 9.36. The predicted octanol–water partition coefficient (Wildman–Crippen LogP) is 3.98. The average Bonchev–Trinajstić information content (AvgIpc) is 3.76. The van der Waals surface area contributed by atoms with Crippen molar-refractivity contribution >= 4 is 33.3 Å². The van der Waals surface area contributed by atoms with Crippen molar-refractivity contribution in [1.82, 2.24) is 19.9 Å². The third-order valence-electron chi connectivity index (χ3n) is 9.25. The highest BCUT2D eigenvalue weighted by Gasteiger charge is 2.50. The number of nitrogens with zero attached hydrogens (tertiary/aromatic N) is 4. The van der Waals surface area contributed by atoms with E-state index in [9.17, 15) is 15.3 Å². The van der Waals surface area contributed by atoms with Gasteiger partial charge in [0.1, 0.15) is 22.4 Å². The molecule has 3 aromatic rings. The number of aromatic nitrogens is 4. The minimum absolute atomic E-state index is 0.0907. The molecular weight excluding hydrogens is 500 g/mol. The van der Waals surface area contributed by atoms with Gasteiger partial charge in [-0.3, -0.25) is 4.98 Å². The van der Waals surface area contributed by atoms with E-state index >= 15 is 0 Å². The maximum Gasteiger partial charge on any atom is 0.225 e. The van der Waals surface area contributed by atoms with Crippen molar-refractivity contribution in [1.29, 1.82) is 0 Å². The van der Waals surface area contributed by atoms with Gasteiger partial charge in [0.15, 0.2) is 0 Å². The van der Waals surface area contributed by atoms with Crippen LogP contribution in [0.1, 0.15) is 75.1 Å². The molecule has 4 fully saturated rings. The van der Waals surface area contributed by atoms with Crippen LogP contribution in [-0.4, -0.2) is 65.7 Å². The number of hydrogen-bond acceptors (Lipinski definition) is 10. The number of fused-ring (bicyclic) bond motifs is 1. The largest absolute Gasteiger partial charge is 0.396 e. The Morgan fingerprint density at radius 3 is 2.53 bits per heavy atom. The number of thiazole rings is 1. The summed E-state index contributed by atoms with van der Waals surface area (Å²) >= 11 is 1.61. The number of rotatable bonds is 8. The second-order valence-electron chi connectivity index (χ2n) is 11.9. The van der Waals surface area contributed by atoms with Gasteiger partial charge >= 0.3 is 0 Å². The maximum absolute atomic E-state index is 10.8. The van der Waals surface area contributed by atoms with Gasteiger partial charge < -0.3 is 26.0 Å². The lowest BCUT2D eigenvalue weighted by Gasteiger charge is -2.26. The van der Waals surface area contributed by atoms with E-state index in [4.69, 9.17) is 15.0 Å². The number of hydrogen-bond donors (Lipinski definition) is 5. The zero-order chi connectivity index (χ0) is 26.0. The van der Waals surface area contributed by atoms with Gasteiger partial charge in [0.2, 0.25) is 5.95 Å². The highest BCUT2D eigenvalue weighted by molar-refractivity contribution is 7.21. The zero-order valence-corrected chi connectivity index (χ0v) is 22.5. The number of nitrogens with one attached hydrogen (secondary N) is 2. The van der Waals surface area contributed by atoms with E-state index < -0.39 is 18.2 Å². The molecule has 4 aliphatic carbocycles. The Bertz CT molecular complexity index is 1350. The highest BCUT2D eigenvalue weighted by Crippen LogP contribution is 2.51. The highest BCUT2D eigenvalue weighted by atomic mass is 32.1. The summed E-state index contributed by atoms with van der Waals surface area (Å²) < 4.78 is 1.10. The number of aryl methyl sites for hydroxylation is 1. The third-order valence-corrected chi connectivity index (χ3v) is 10.3. The molecule has 38 heavy (non-hydrogen) atoms. The van der Waals surface area contributed by atoms with Crippen molar-refractivity contribution in [2.24, 2.45) is 11.8 Å². The van der Waals surface area contributed by atoms with Crippen molar-refractivity contribution in [2.45, 2.75) is 94.4 Å². The second-order valence-corrected chi connectivity index (χ2v) is 12.9.